The van der Waals surface area contributed by atoms with Crippen LogP contribution >= 0.6 is 0 Å². The second kappa shape index (κ2) is 7.56. The summed E-state index contributed by atoms with van der Waals surface area (Å²) >= 11 is 0. The van der Waals surface area contributed by atoms with E-state index in [1.165, 1.54) is 44.9 Å². The maximum atomic E-state index is 12.4. The molecule has 0 unspecified atom stereocenters. The summed E-state index contributed by atoms with van der Waals surface area (Å²) in [6.45, 7) is 1.99. The third kappa shape index (κ3) is 3.96. The zero-order valence-corrected chi connectivity index (χ0v) is 13.3. The van der Waals surface area contributed by atoms with Crippen LogP contribution in [0.3, 0.4) is 0 Å². The standard InChI is InChI=1S/C17H26N4O/c22-16(19-14-8-4-3-5-9-14)15-10-11-18-17(20-15)21-12-6-1-2-7-13-21/h10-11,14H,1-9,12-13H2,(H,19,22). The first-order valence-corrected chi connectivity index (χ1v) is 8.72. The lowest BCUT2D eigenvalue weighted by molar-refractivity contribution is 0.0922. The van der Waals surface area contributed by atoms with Crippen LogP contribution in [-0.2, 0) is 0 Å². The second-order valence-electron chi connectivity index (χ2n) is 6.45. The van der Waals surface area contributed by atoms with Crippen LogP contribution in [-0.4, -0.2) is 35.0 Å². The number of carbonyl (C=O) groups excluding carboxylic acids is 1. The van der Waals surface area contributed by atoms with E-state index < -0.39 is 0 Å². The van der Waals surface area contributed by atoms with E-state index in [-0.39, 0.29) is 5.91 Å². The van der Waals surface area contributed by atoms with Crippen molar-refractivity contribution < 1.29 is 4.79 Å². The largest absolute Gasteiger partial charge is 0.348 e. The number of hydrogen-bond donors (Lipinski definition) is 1. The summed E-state index contributed by atoms with van der Waals surface area (Å²) in [7, 11) is 0. The molecule has 0 bridgehead atoms. The molecule has 5 heteroatoms. The maximum Gasteiger partial charge on any atom is 0.270 e. The molecule has 1 aromatic rings. The Balaban J connectivity index is 1.65. The lowest BCUT2D eigenvalue weighted by atomic mass is 9.95. The molecule has 1 saturated carbocycles. The predicted molar refractivity (Wildman–Crippen MR) is 87.1 cm³/mol. The van der Waals surface area contributed by atoms with Gasteiger partial charge in [-0.25, -0.2) is 9.97 Å². The average molecular weight is 302 g/mol. The molecule has 5 nitrogen and oxygen atoms in total. The van der Waals surface area contributed by atoms with E-state index in [2.05, 4.69) is 20.2 Å². The highest BCUT2D eigenvalue weighted by atomic mass is 16.1. The molecule has 0 aromatic carbocycles. The van der Waals surface area contributed by atoms with Gasteiger partial charge in [0.05, 0.1) is 0 Å². The van der Waals surface area contributed by atoms with Crippen LogP contribution in [0.2, 0.25) is 0 Å². The van der Waals surface area contributed by atoms with Crippen molar-refractivity contribution in [1.29, 1.82) is 0 Å². The molecule has 2 aliphatic rings. The quantitative estimate of drug-likeness (QED) is 0.932. The third-order valence-electron chi connectivity index (χ3n) is 4.70. The van der Waals surface area contributed by atoms with Gasteiger partial charge < -0.3 is 10.2 Å². The topological polar surface area (TPSA) is 58.1 Å². The smallest absolute Gasteiger partial charge is 0.270 e. The van der Waals surface area contributed by atoms with Crippen molar-refractivity contribution in [2.75, 3.05) is 18.0 Å². The van der Waals surface area contributed by atoms with Crippen LogP contribution in [0.5, 0.6) is 0 Å². The minimum atomic E-state index is -0.0506. The lowest BCUT2D eigenvalue weighted by Gasteiger charge is -2.23. The molecular formula is C17H26N4O. The van der Waals surface area contributed by atoms with Crippen LogP contribution in [0, 0.1) is 0 Å². The zero-order chi connectivity index (χ0) is 15.2. The van der Waals surface area contributed by atoms with E-state index in [1.54, 1.807) is 12.3 Å². The van der Waals surface area contributed by atoms with Gasteiger partial charge in [0.15, 0.2) is 0 Å². The van der Waals surface area contributed by atoms with Crippen molar-refractivity contribution in [2.24, 2.45) is 0 Å². The van der Waals surface area contributed by atoms with Crippen LogP contribution < -0.4 is 10.2 Å². The van der Waals surface area contributed by atoms with Crippen molar-refractivity contribution >= 4 is 11.9 Å². The van der Waals surface area contributed by atoms with Gasteiger partial charge in [-0.05, 0) is 31.7 Å². The first kappa shape index (κ1) is 15.3. The van der Waals surface area contributed by atoms with Crippen molar-refractivity contribution in [3.8, 4) is 0 Å². The minimum absolute atomic E-state index is 0.0506. The molecule has 1 aliphatic carbocycles. The molecule has 1 saturated heterocycles. The molecule has 1 aliphatic heterocycles. The lowest BCUT2D eigenvalue weighted by Crippen LogP contribution is -2.37. The minimum Gasteiger partial charge on any atom is -0.348 e. The highest BCUT2D eigenvalue weighted by molar-refractivity contribution is 5.92. The van der Waals surface area contributed by atoms with Gasteiger partial charge >= 0.3 is 0 Å². The first-order chi connectivity index (χ1) is 10.8. The summed E-state index contributed by atoms with van der Waals surface area (Å²) in [5, 5.41) is 3.13. The molecule has 1 N–H and O–H groups in total. The molecule has 3 rings (SSSR count). The van der Waals surface area contributed by atoms with Crippen LogP contribution in [0.15, 0.2) is 12.3 Å². The molecule has 0 spiro atoms. The molecular weight excluding hydrogens is 276 g/mol. The average Bonchev–Trinajstić information content (AvgIpc) is 2.85. The van der Waals surface area contributed by atoms with Gasteiger partial charge in [-0.2, -0.15) is 0 Å². The number of nitrogens with zero attached hydrogens (tertiary/aromatic N) is 3. The van der Waals surface area contributed by atoms with Crippen molar-refractivity contribution in [2.45, 2.75) is 63.8 Å². The Kier molecular flexibility index (Phi) is 5.24. The Morgan fingerprint density at radius 2 is 1.73 bits per heavy atom. The van der Waals surface area contributed by atoms with Gasteiger partial charge in [0.25, 0.3) is 5.91 Å². The number of aromatic nitrogens is 2. The van der Waals surface area contributed by atoms with Gasteiger partial charge in [-0.3, -0.25) is 4.79 Å². The summed E-state index contributed by atoms with van der Waals surface area (Å²) in [4.78, 5) is 23.5. The zero-order valence-electron chi connectivity index (χ0n) is 13.3. The highest BCUT2D eigenvalue weighted by Gasteiger charge is 2.19. The van der Waals surface area contributed by atoms with Crippen LogP contribution in [0.1, 0.15) is 68.3 Å². The molecule has 2 fully saturated rings. The summed E-state index contributed by atoms with van der Waals surface area (Å²) < 4.78 is 0. The third-order valence-corrected chi connectivity index (χ3v) is 4.70. The SMILES string of the molecule is O=C(NC1CCCCC1)c1ccnc(N2CCCCCC2)n1. The van der Waals surface area contributed by atoms with Crippen molar-refractivity contribution in [1.82, 2.24) is 15.3 Å². The first-order valence-electron chi connectivity index (χ1n) is 8.72. The van der Waals surface area contributed by atoms with E-state index in [4.69, 9.17) is 0 Å². The molecule has 1 aromatic heterocycles. The van der Waals surface area contributed by atoms with Gasteiger partial charge in [-0.1, -0.05) is 32.1 Å². The number of carbonyl (C=O) groups is 1. The monoisotopic (exact) mass is 302 g/mol. The van der Waals surface area contributed by atoms with E-state index in [1.807, 2.05) is 0 Å². The summed E-state index contributed by atoms with van der Waals surface area (Å²) in [6.07, 6.45) is 12.5. The highest BCUT2D eigenvalue weighted by Crippen LogP contribution is 2.18. The summed E-state index contributed by atoms with van der Waals surface area (Å²) in [5.41, 5.74) is 0.500. The Labute approximate surface area is 132 Å². The van der Waals surface area contributed by atoms with Gasteiger partial charge in [0.2, 0.25) is 5.95 Å². The van der Waals surface area contributed by atoms with E-state index in [0.717, 1.165) is 25.9 Å². The molecule has 22 heavy (non-hydrogen) atoms. The van der Waals surface area contributed by atoms with Crippen molar-refractivity contribution in [3.63, 3.8) is 0 Å². The molecule has 120 valence electrons. The fourth-order valence-electron chi connectivity index (χ4n) is 3.40. The Morgan fingerprint density at radius 1 is 1.05 bits per heavy atom. The number of nitrogens with one attached hydrogen (secondary N) is 1. The van der Waals surface area contributed by atoms with E-state index in [9.17, 15) is 4.79 Å². The molecule has 1 amide bonds. The summed E-state index contributed by atoms with van der Waals surface area (Å²) in [5.74, 6) is 0.656. The van der Waals surface area contributed by atoms with Crippen molar-refractivity contribution in [3.05, 3.63) is 18.0 Å². The Morgan fingerprint density at radius 3 is 2.45 bits per heavy atom. The number of amides is 1. The fourth-order valence-corrected chi connectivity index (χ4v) is 3.40. The maximum absolute atomic E-state index is 12.4. The molecule has 0 radical (unpaired) electrons. The van der Waals surface area contributed by atoms with E-state index in [0.29, 0.717) is 17.7 Å². The van der Waals surface area contributed by atoms with Gasteiger partial charge in [0.1, 0.15) is 5.69 Å². The molecule has 2 heterocycles. The van der Waals surface area contributed by atoms with Gasteiger partial charge in [0, 0.05) is 25.3 Å². The fraction of sp³-hybridized carbons (Fsp3) is 0.706. The number of rotatable bonds is 3. The Hall–Kier alpha value is -1.65. The molecule has 0 atom stereocenters. The number of anilines is 1. The van der Waals surface area contributed by atoms with Crippen LogP contribution in [0.4, 0.5) is 5.95 Å². The van der Waals surface area contributed by atoms with Gasteiger partial charge in [-0.15, -0.1) is 0 Å². The Bertz CT molecular complexity index is 491. The second-order valence-corrected chi connectivity index (χ2v) is 6.45. The normalized spacial score (nSPS) is 20.5. The van der Waals surface area contributed by atoms with E-state index >= 15 is 0 Å². The number of hydrogen-bond acceptors (Lipinski definition) is 4. The van der Waals surface area contributed by atoms with Crippen LogP contribution in [0.25, 0.3) is 0 Å². The summed E-state index contributed by atoms with van der Waals surface area (Å²) in [6, 6.07) is 2.04. The predicted octanol–water partition coefficient (Wildman–Crippen LogP) is 2.92.